The summed E-state index contributed by atoms with van der Waals surface area (Å²) < 4.78 is 86.5. The van der Waals surface area contributed by atoms with E-state index in [4.69, 9.17) is 4.52 Å². The first-order valence-electron chi connectivity index (χ1n) is 13.4. The second-order valence-corrected chi connectivity index (χ2v) is 10.7. The molecule has 4 aromatic rings. The minimum absolute atomic E-state index is 0.0407. The van der Waals surface area contributed by atoms with Gasteiger partial charge in [0.05, 0.1) is 16.7 Å². The Bertz CT molecular complexity index is 1700. The summed E-state index contributed by atoms with van der Waals surface area (Å²) in [6.07, 6.45) is -2.41. The first-order valence-corrected chi connectivity index (χ1v) is 13.4. The van der Waals surface area contributed by atoms with E-state index in [-0.39, 0.29) is 28.7 Å². The van der Waals surface area contributed by atoms with E-state index in [2.05, 4.69) is 10.1 Å². The third-order valence-corrected chi connectivity index (χ3v) is 7.55. The minimum Gasteiger partial charge on any atom is -0.478 e. The Balaban J connectivity index is 1.18. The zero-order valence-corrected chi connectivity index (χ0v) is 22.3. The lowest BCUT2D eigenvalue weighted by Gasteiger charge is -2.38. The fraction of sp³-hybridized carbons (Fsp3) is 0.258. The monoisotopic (exact) mass is 599 g/mol. The molecule has 6 rings (SSSR count). The lowest BCUT2D eigenvalue weighted by atomic mass is 9.95. The van der Waals surface area contributed by atoms with Gasteiger partial charge in [-0.3, -0.25) is 0 Å². The average molecular weight is 600 g/mol. The Hall–Kier alpha value is -4.61. The van der Waals surface area contributed by atoms with E-state index in [0.29, 0.717) is 41.9 Å². The quantitative estimate of drug-likeness (QED) is 0.216. The molecule has 1 saturated carbocycles. The van der Waals surface area contributed by atoms with Crippen molar-refractivity contribution in [1.29, 1.82) is 0 Å². The molecule has 0 atom stereocenters. The van der Waals surface area contributed by atoms with Gasteiger partial charge in [-0.25, -0.2) is 9.78 Å². The number of hydrogen-bond acceptors (Lipinski definition) is 5. The van der Waals surface area contributed by atoms with Gasteiger partial charge in [0, 0.05) is 47.8 Å². The second-order valence-electron chi connectivity index (χ2n) is 10.7. The summed E-state index contributed by atoms with van der Waals surface area (Å²) in [6, 6.07) is 11.1. The summed E-state index contributed by atoms with van der Waals surface area (Å²) in [4.78, 5) is 17.7. The van der Waals surface area contributed by atoms with Crippen LogP contribution in [0.15, 0.2) is 71.4 Å². The van der Waals surface area contributed by atoms with Crippen molar-refractivity contribution in [2.45, 2.75) is 31.1 Å². The van der Waals surface area contributed by atoms with Crippen molar-refractivity contribution in [2.75, 3.05) is 18.0 Å². The minimum atomic E-state index is -4.71. The molecule has 1 saturated heterocycles. The Labute approximate surface area is 241 Å². The maximum absolute atomic E-state index is 13.7. The molecule has 222 valence electrons. The standard InChI is InChI=1S/C31H23F6N3O3/c32-30(33,34)22-12-20(11-21(13-22)29(41)42)19-8-10-26(38-14-19)40-15-17(16-40)5-9-24-27(39-43-28(24)18-6-7-18)23-3-1-2-4-25(23)31(35,36)37/h1-5,8-14,17-18H,6-7,15-16H2,(H,41,42)/b9-5+. The first-order chi connectivity index (χ1) is 20.4. The van der Waals surface area contributed by atoms with Crippen LogP contribution < -0.4 is 4.90 Å². The summed E-state index contributed by atoms with van der Waals surface area (Å²) in [5.41, 5.74) is -1.25. The van der Waals surface area contributed by atoms with Crippen LogP contribution in [0, 0.1) is 5.92 Å². The third kappa shape index (κ3) is 5.86. The Morgan fingerprint density at radius 1 is 0.953 bits per heavy atom. The van der Waals surface area contributed by atoms with Gasteiger partial charge in [0.2, 0.25) is 0 Å². The largest absolute Gasteiger partial charge is 0.478 e. The number of pyridine rings is 1. The molecule has 3 heterocycles. The van der Waals surface area contributed by atoms with E-state index in [1.54, 1.807) is 18.2 Å². The van der Waals surface area contributed by atoms with Crippen LogP contribution in [0.4, 0.5) is 32.2 Å². The van der Waals surface area contributed by atoms with Crippen LogP contribution >= 0.6 is 0 Å². The Morgan fingerprint density at radius 3 is 2.33 bits per heavy atom. The molecule has 2 aromatic carbocycles. The zero-order chi connectivity index (χ0) is 30.5. The Kier molecular flexibility index (Phi) is 7.02. The van der Waals surface area contributed by atoms with Crippen molar-refractivity contribution >= 4 is 17.9 Å². The summed E-state index contributed by atoms with van der Waals surface area (Å²) in [5.74, 6) is -0.109. The topological polar surface area (TPSA) is 79.5 Å². The van der Waals surface area contributed by atoms with E-state index < -0.39 is 35.0 Å². The van der Waals surface area contributed by atoms with E-state index in [0.717, 1.165) is 25.0 Å². The molecule has 12 heteroatoms. The molecule has 0 unspecified atom stereocenters. The SMILES string of the molecule is O=C(O)c1cc(-c2ccc(N3CC(/C=C/c4c(-c5ccccc5C(F)(F)F)noc4C4CC4)C3)nc2)cc(C(F)(F)F)c1. The number of carboxylic acids is 1. The predicted molar refractivity (Wildman–Crippen MR) is 145 cm³/mol. The van der Waals surface area contributed by atoms with E-state index in [9.17, 15) is 36.2 Å². The first kappa shape index (κ1) is 28.5. The molecule has 0 amide bonds. The number of alkyl halides is 6. The number of anilines is 1. The number of benzene rings is 2. The molecule has 1 N–H and O–H groups in total. The zero-order valence-electron chi connectivity index (χ0n) is 22.3. The van der Waals surface area contributed by atoms with E-state index in [1.807, 2.05) is 11.0 Å². The highest BCUT2D eigenvalue weighted by Gasteiger charge is 2.37. The molecule has 0 radical (unpaired) electrons. The molecule has 2 fully saturated rings. The van der Waals surface area contributed by atoms with Crippen molar-refractivity contribution in [1.82, 2.24) is 10.1 Å². The van der Waals surface area contributed by atoms with Gasteiger partial charge >= 0.3 is 18.3 Å². The van der Waals surface area contributed by atoms with Gasteiger partial charge in [0.25, 0.3) is 0 Å². The van der Waals surface area contributed by atoms with Crippen LogP contribution in [-0.2, 0) is 12.4 Å². The average Bonchev–Trinajstić information content (AvgIpc) is 3.70. The predicted octanol–water partition coefficient (Wildman–Crippen LogP) is 8.17. The third-order valence-electron chi connectivity index (χ3n) is 7.55. The molecule has 2 aromatic heterocycles. The summed E-state index contributed by atoms with van der Waals surface area (Å²) in [5, 5.41) is 13.3. The molecule has 1 aliphatic heterocycles. The number of hydrogen-bond donors (Lipinski definition) is 1. The van der Waals surface area contributed by atoms with Crippen molar-refractivity contribution in [3.8, 4) is 22.4 Å². The number of nitrogens with zero attached hydrogens (tertiary/aromatic N) is 3. The molecule has 0 bridgehead atoms. The number of carboxylic acid groups (broad SMARTS) is 1. The van der Waals surface area contributed by atoms with Crippen molar-refractivity contribution in [2.24, 2.45) is 5.92 Å². The van der Waals surface area contributed by atoms with Crippen LogP contribution in [0.25, 0.3) is 28.5 Å². The molecule has 0 spiro atoms. The molecular formula is C31H23F6N3O3. The van der Waals surface area contributed by atoms with Gasteiger partial charge < -0.3 is 14.5 Å². The number of rotatable bonds is 7. The number of aromatic nitrogens is 2. The van der Waals surface area contributed by atoms with Gasteiger partial charge in [-0.1, -0.05) is 35.5 Å². The van der Waals surface area contributed by atoms with Gasteiger partial charge in [-0.2, -0.15) is 26.3 Å². The fourth-order valence-electron chi connectivity index (χ4n) is 5.12. The van der Waals surface area contributed by atoms with Crippen molar-refractivity contribution in [3.05, 3.63) is 94.9 Å². The normalized spacial score (nSPS) is 16.1. The maximum Gasteiger partial charge on any atom is 0.417 e. The highest BCUT2D eigenvalue weighted by molar-refractivity contribution is 5.90. The number of carbonyl (C=O) groups is 1. The Morgan fingerprint density at radius 2 is 1.70 bits per heavy atom. The molecule has 43 heavy (non-hydrogen) atoms. The van der Waals surface area contributed by atoms with Crippen LogP contribution in [0.5, 0.6) is 0 Å². The van der Waals surface area contributed by atoms with Crippen LogP contribution in [0.3, 0.4) is 0 Å². The second kappa shape index (κ2) is 10.6. The molecular weight excluding hydrogens is 576 g/mol. The number of aromatic carboxylic acids is 1. The highest BCUT2D eigenvalue weighted by Crippen LogP contribution is 2.46. The van der Waals surface area contributed by atoms with Gasteiger partial charge in [-0.05, 0) is 54.8 Å². The van der Waals surface area contributed by atoms with Crippen LogP contribution in [-0.4, -0.2) is 34.3 Å². The van der Waals surface area contributed by atoms with Crippen molar-refractivity contribution < 1.29 is 40.8 Å². The van der Waals surface area contributed by atoms with Crippen LogP contribution in [0.1, 0.15) is 51.6 Å². The molecule has 2 aliphatic rings. The lowest BCUT2D eigenvalue weighted by Crippen LogP contribution is -2.46. The van der Waals surface area contributed by atoms with Gasteiger partial charge in [0.15, 0.2) is 0 Å². The smallest absolute Gasteiger partial charge is 0.417 e. The van der Waals surface area contributed by atoms with Gasteiger partial charge in [0.1, 0.15) is 17.3 Å². The lowest BCUT2D eigenvalue weighted by molar-refractivity contribution is -0.138. The highest BCUT2D eigenvalue weighted by atomic mass is 19.4. The fourth-order valence-corrected chi connectivity index (χ4v) is 5.12. The van der Waals surface area contributed by atoms with Crippen LogP contribution in [0.2, 0.25) is 0 Å². The van der Waals surface area contributed by atoms with Gasteiger partial charge in [-0.15, -0.1) is 0 Å². The van der Waals surface area contributed by atoms with Crippen molar-refractivity contribution in [3.63, 3.8) is 0 Å². The summed E-state index contributed by atoms with van der Waals surface area (Å²) >= 11 is 0. The molecule has 6 nitrogen and oxygen atoms in total. The summed E-state index contributed by atoms with van der Waals surface area (Å²) in [7, 11) is 0. The van der Waals surface area contributed by atoms with E-state index in [1.165, 1.54) is 30.5 Å². The maximum atomic E-state index is 13.7. The molecule has 1 aliphatic carbocycles. The number of halogens is 6. The van der Waals surface area contributed by atoms with E-state index >= 15 is 0 Å². The summed E-state index contributed by atoms with van der Waals surface area (Å²) in [6.45, 7) is 1.13.